The molecule has 5 heteroatoms. The molecule has 0 aromatic heterocycles. The zero-order valence-electron chi connectivity index (χ0n) is 13.2. The molecule has 0 bridgehead atoms. The van der Waals surface area contributed by atoms with Gasteiger partial charge in [-0.3, -0.25) is 0 Å². The van der Waals surface area contributed by atoms with Crippen molar-refractivity contribution in [1.29, 1.82) is 0 Å². The highest BCUT2D eigenvalue weighted by Crippen LogP contribution is 2.24. The van der Waals surface area contributed by atoms with Crippen molar-refractivity contribution in [2.24, 2.45) is 0 Å². The molecule has 2 rings (SSSR count). The van der Waals surface area contributed by atoms with Crippen LogP contribution < -0.4 is 4.74 Å². The van der Waals surface area contributed by atoms with Crippen LogP contribution in [0.25, 0.3) is 11.1 Å². The summed E-state index contributed by atoms with van der Waals surface area (Å²) in [6.45, 7) is 3.08. The molecule has 122 valence electrons. The lowest BCUT2D eigenvalue weighted by atomic mass is 10.1. The fourth-order valence-electron chi connectivity index (χ4n) is 1.54. The Labute approximate surface area is 135 Å². The number of carboxylic acid groups (broad SMARTS) is 1. The van der Waals surface area contributed by atoms with Crippen LogP contribution in [0.4, 0.5) is 0 Å². The summed E-state index contributed by atoms with van der Waals surface area (Å²) in [5, 5.41) is 17.7. The van der Waals surface area contributed by atoms with E-state index in [1.807, 2.05) is 31.2 Å². The molecular formula is C18H20O5. The van der Waals surface area contributed by atoms with Crippen LogP contribution in [-0.4, -0.2) is 28.6 Å². The first-order chi connectivity index (χ1) is 10.9. The van der Waals surface area contributed by atoms with Crippen LogP contribution in [0.5, 0.6) is 11.5 Å². The molecule has 0 aliphatic rings. The fraction of sp³-hybridized carbons (Fsp3) is 0.222. The van der Waals surface area contributed by atoms with Crippen LogP contribution in [0.1, 0.15) is 20.3 Å². The largest absolute Gasteiger partial charge is 0.508 e. The molecule has 0 aliphatic carbocycles. The summed E-state index contributed by atoms with van der Waals surface area (Å²) >= 11 is 0. The van der Waals surface area contributed by atoms with Gasteiger partial charge in [0.15, 0.2) is 6.61 Å². The van der Waals surface area contributed by atoms with E-state index in [9.17, 15) is 14.7 Å². The van der Waals surface area contributed by atoms with Gasteiger partial charge in [0.1, 0.15) is 17.3 Å². The molecule has 0 unspecified atom stereocenters. The second kappa shape index (κ2) is 9.25. The number of phenols is 1. The second-order valence-corrected chi connectivity index (χ2v) is 4.81. The van der Waals surface area contributed by atoms with E-state index in [1.54, 1.807) is 31.2 Å². The monoisotopic (exact) mass is 316 g/mol. The molecule has 0 spiro atoms. The van der Waals surface area contributed by atoms with Crippen LogP contribution in [0.2, 0.25) is 0 Å². The number of phenolic OH excluding ortho intramolecular Hbond substituents is 1. The molecule has 2 aromatic carbocycles. The Hall–Kier alpha value is -2.82. The predicted octanol–water partition coefficient (Wildman–Crippen LogP) is 3.51. The Morgan fingerprint density at radius 2 is 1.39 bits per heavy atom. The molecule has 0 saturated carbocycles. The highest BCUT2D eigenvalue weighted by molar-refractivity contribution is 5.74. The smallest absolute Gasteiger partial charge is 0.341 e. The van der Waals surface area contributed by atoms with Gasteiger partial charge in [-0.05, 0) is 42.3 Å². The van der Waals surface area contributed by atoms with Crippen LogP contribution >= 0.6 is 0 Å². The zero-order valence-corrected chi connectivity index (χ0v) is 13.2. The van der Waals surface area contributed by atoms with Crippen molar-refractivity contribution in [2.75, 3.05) is 6.61 Å². The number of ether oxygens (including phenoxy) is 1. The molecule has 2 aromatic rings. The second-order valence-electron chi connectivity index (χ2n) is 4.81. The molecule has 0 saturated heterocycles. The van der Waals surface area contributed by atoms with E-state index in [1.165, 1.54) is 0 Å². The van der Waals surface area contributed by atoms with Crippen LogP contribution in [-0.2, 0) is 9.59 Å². The van der Waals surface area contributed by atoms with Gasteiger partial charge in [0.25, 0.3) is 0 Å². The van der Waals surface area contributed by atoms with Gasteiger partial charge in [0, 0.05) is 6.42 Å². The maximum Gasteiger partial charge on any atom is 0.341 e. The normalized spacial score (nSPS) is 9.48. The topological polar surface area (TPSA) is 83.8 Å². The molecule has 2 N–H and O–H groups in total. The van der Waals surface area contributed by atoms with E-state index in [4.69, 9.17) is 9.84 Å². The minimum atomic E-state index is -1.00. The standard InChI is InChI=1S/C14H12O4.C4H8O/c15-12-5-1-10(2-6-12)11-3-7-13(8-4-11)18-9-14(16)17;1-3-4(2)5/h1-8,15H,9H2,(H,16,17);3H2,1-2H3. The highest BCUT2D eigenvalue weighted by Gasteiger charge is 2.01. The summed E-state index contributed by atoms with van der Waals surface area (Å²) in [5.41, 5.74) is 1.94. The van der Waals surface area contributed by atoms with Gasteiger partial charge in [-0.15, -0.1) is 0 Å². The highest BCUT2D eigenvalue weighted by atomic mass is 16.5. The number of hydrogen-bond donors (Lipinski definition) is 2. The van der Waals surface area contributed by atoms with Crippen molar-refractivity contribution in [3.05, 3.63) is 48.5 Å². The first-order valence-electron chi connectivity index (χ1n) is 7.16. The molecular weight excluding hydrogens is 296 g/mol. The minimum Gasteiger partial charge on any atom is -0.508 e. The third-order valence-corrected chi connectivity index (χ3v) is 2.92. The van der Waals surface area contributed by atoms with E-state index in [0.717, 1.165) is 11.1 Å². The Bertz CT molecular complexity index is 629. The summed E-state index contributed by atoms with van der Waals surface area (Å²) in [5.74, 6) is -0.0114. The maximum atomic E-state index is 10.3. The number of carboxylic acids is 1. The van der Waals surface area contributed by atoms with Gasteiger partial charge in [0.05, 0.1) is 0 Å². The predicted molar refractivity (Wildman–Crippen MR) is 87.6 cm³/mol. The molecule has 23 heavy (non-hydrogen) atoms. The third kappa shape index (κ3) is 7.13. The number of aromatic hydroxyl groups is 1. The third-order valence-electron chi connectivity index (χ3n) is 2.92. The summed E-state index contributed by atoms with van der Waals surface area (Å²) in [7, 11) is 0. The number of carbonyl (C=O) groups excluding carboxylic acids is 1. The number of aliphatic carboxylic acids is 1. The molecule has 0 amide bonds. The van der Waals surface area contributed by atoms with Gasteiger partial charge in [0.2, 0.25) is 0 Å². The Balaban J connectivity index is 0.000000463. The number of ketones is 1. The van der Waals surface area contributed by atoms with Gasteiger partial charge in [-0.1, -0.05) is 31.2 Å². The summed E-state index contributed by atoms with van der Waals surface area (Å²) in [4.78, 5) is 20.2. The van der Waals surface area contributed by atoms with Crippen molar-refractivity contribution in [1.82, 2.24) is 0 Å². The molecule has 5 nitrogen and oxygen atoms in total. The molecule has 0 radical (unpaired) electrons. The summed E-state index contributed by atoms with van der Waals surface area (Å²) < 4.78 is 5.04. The summed E-state index contributed by atoms with van der Waals surface area (Å²) in [6.07, 6.45) is 0.667. The van der Waals surface area contributed by atoms with E-state index >= 15 is 0 Å². The maximum absolute atomic E-state index is 10.3. The van der Waals surface area contributed by atoms with E-state index in [2.05, 4.69) is 0 Å². The van der Waals surface area contributed by atoms with Crippen molar-refractivity contribution in [2.45, 2.75) is 20.3 Å². The molecule has 0 heterocycles. The van der Waals surface area contributed by atoms with Gasteiger partial charge in [-0.25, -0.2) is 4.79 Å². The first kappa shape index (κ1) is 18.2. The van der Waals surface area contributed by atoms with Crippen LogP contribution in [0, 0.1) is 0 Å². The average Bonchev–Trinajstić information content (AvgIpc) is 2.54. The summed E-state index contributed by atoms with van der Waals surface area (Å²) in [6, 6.07) is 13.9. The Morgan fingerprint density at radius 3 is 1.78 bits per heavy atom. The number of rotatable bonds is 5. The van der Waals surface area contributed by atoms with Gasteiger partial charge < -0.3 is 19.7 Å². The van der Waals surface area contributed by atoms with E-state index < -0.39 is 5.97 Å². The van der Waals surface area contributed by atoms with Crippen molar-refractivity contribution in [3.8, 4) is 22.6 Å². The fourth-order valence-corrected chi connectivity index (χ4v) is 1.54. The van der Waals surface area contributed by atoms with Crippen LogP contribution in [0.15, 0.2) is 48.5 Å². The number of benzene rings is 2. The SMILES string of the molecule is CCC(C)=O.O=C(O)COc1ccc(-c2ccc(O)cc2)cc1. The molecule has 0 aliphatic heterocycles. The van der Waals surface area contributed by atoms with E-state index in [0.29, 0.717) is 12.2 Å². The minimum absolute atomic E-state index is 0.222. The molecule has 0 atom stereocenters. The van der Waals surface area contributed by atoms with Gasteiger partial charge >= 0.3 is 5.97 Å². The lowest BCUT2D eigenvalue weighted by molar-refractivity contribution is -0.139. The lowest BCUT2D eigenvalue weighted by Gasteiger charge is -2.05. The number of carbonyl (C=O) groups is 2. The van der Waals surface area contributed by atoms with Crippen molar-refractivity contribution < 1.29 is 24.5 Å². The van der Waals surface area contributed by atoms with Gasteiger partial charge in [-0.2, -0.15) is 0 Å². The number of Topliss-reactive ketones (excluding diaryl/α,β-unsaturated/α-hetero) is 1. The Morgan fingerprint density at radius 1 is 0.957 bits per heavy atom. The quantitative estimate of drug-likeness (QED) is 0.882. The lowest BCUT2D eigenvalue weighted by Crippen LogP contribution is -2.09. The zero-order chi connectivity index (χ0) is 17.2. The Kier molecular flexibility index (Phi) is 7.33. The number of hydrogen-bond acceptors (Lipinski definition) is 4. The van der Waals surface area contributed by atoms with Crippen molar-refractivity contribution in [3.63, 3.8) is 0 Å². The van der Waals surface area contributed by atoms with Crippen molar-refractivity contribution >= 4 is 11.8 Å². The van der Waals surface area contributed by atoms with E-state index in [-0.39, 0.29) is 18.1 Å². The van der Waals surface area contributed by atoms with Crippen LogP contribution in [0.3, 0.4) is 0 Å². The average molecular weight is 316 g/mol. The first-order valence-corrected chi connectivity index (χ1v) is 7.16. The molecule has 0 fully saturated rings.